The number of terminal acetylenes is 1. The number of ether oxygens (including phenoxy) is 4. The molecule has 13 heteroatoms. The number of H-pyrrole nitrogens is 1. The Kier molecular flexibility index (Phi) is 17.1. The van der Waals surface area contributed by atoms with Crippen LogP contribution in [0.1, 0.15) is 94.7 Å². The average molecular weight is 835 g/mol. The van der Waals surface area contributed by atoms with Gasteiger partial charge in [0.25, 0.3) is 14.1 Å². The van der Waals surface area contributed by atoms with E-state index in [0.717, 1.165) is 29.5 Å². The summed E-state index contributed by atoms with van der Waals surface area (Å²) in [6.45, 7) is 8.44. The van der Waals surface area contributed by atoms with E-state index in [-0.39, 0.29) is 43.7 Å². The van der Waals surface area contributed by atoms with Crippen LogP contribution >= 0.6 is 8.53 Å². The van der Waals surface area contributed by atoms with Gasteiger partial charge in [-0.05, 0) is 81.5 Å². The second-order valence-electron chi connectivity index (χ2n) is 14.8. The van der Waals surface area contributed by atoms with Gasteiger partial charge in [0.2, 0.25) is 0 Å². The topological polar surface area (TPSA) is 137 Å². The first-order valence-corrected chi connectivity index (χ1v) is 21.4. The zero-order valence-electron chi connectivity index (χ0n) is 35.3. The first-order chi connectivity index (χ1) is 29.1. The fourth-order valence-electron chi connectivity index (χ4n) is 7.21. The van der Waals surface area contributed by atoms with E-state index in [0.29, 0.717) is 24.3 Å². The fourth-order valence-corrected chi connectivity index (χ4v) is 8.97. The van der Waals surface area contributed by atoms with E-state index in [4.69, 9.17) is 34.4 Å². The highest BCUT2D eigenvalue weighted by Crippen LogP contribution is 2.50. The third-order valence-electron chi connectivity index (χ3n) is 10.1. The minimum Gasteiger partial charge on any atom is -0.497 e. The summed E-state index contributed by atoms with van der Waals surface area (Å²) in [6, 6.07) is 27.6. The molecule has 2 unspecified atom stereocenters. The zero-order chi connectivity index (χ0) is 43.1. The molecule has 0 bridgehead atoms. The SMILES string of the molecule is C#CCCCCC#Cc1cn([C@H]2CC(OP(OCCC#N)N(C(C)C)C(C)C)[C@@H](COC(c3ccccc3)(c3ccc(OC)cc3)c3ccc(OC)cc3)O2)c(=O)[nH]c1=O. The molecule has 316 valence electrons. The van der Waals surface area contributed by atoms with Crippen molar-refractivity contribution >= 4 is 8.53 Å². The highest BCUT2D eigenvalue weighted by Gasteiger charge is 2.45. The van der Waals surface area contributed by atoms with Crippen molar-refractivity contribution in [3.63, 3.8) is 0 Å². The summed E-state index contributed by atoms with van der Waals surface area (Å²) >= 11 is 0. The molecule has 0 aliphatic carbocycles. The molecule has 5 rings (SSSR count). The summed E-state index contributed by atoms with van der Waals surface area (Å²) in [4.78, 5) is 28.9. The summed E-state index contributed by atoms with van der Waals surface area (Å²) in [6.07, 6.45) is 7.80. The van der Waals surface area contributed by atoms with E-state index >= 15 is 0 Å². The Morgan fingerprint density at radius 2 is 1.50 bits per heavy atom. The number of hydrogen-bond acceptors (Lipinski definition) is 10. The van der Waals surface area contributed by atoms with E-state index in [9.17, 15) is 14.9 Å². The van der Waals surface area contributed by atoms with Crippen LogP contribution in [0.3, 0.4) is 0 Å². The van der Waals surface area contributed by atoms with Crippen molar-refractivity contribution < 1.29 is 28.0 Å². The number of nitrogens with zero attached hydrogens (tertiary/aromatic N) is 3. The van der Waals surface area contributed by atoms with Crippen molar-refractivity contribution in [1.29, 1.82) is 5.26 Å². The van der Waals surface area contributed by atoms with Gasteiger partial charge in [0.1, 0.15) is 35.0 Å². The lowest BCUT2D eigenvalue weighted by atomic mass is 9.80. The molecule has 60 heavy (non-hydrogen) atoms. The quantitative estimate of drug-likeness (QED) is 0.0403. The monoisotopic (exact) mass is 834 g/mol. The molecule has 4 aromatic rings. The predicted octanol–water partition coefficient (Wildman–Crippen LogP) is 8.06. The lowest BCUT2D eigenvalue weighted by molar-refractivity contribution is -0.0925. The molecule has 0 radical (unpaired) electrons. The Bertz CT molecular complexity index is 2180. The molecular formula is C47H55N4O8P. The van der Waals surface area contributed by atoms with Gasteiger partial charge < -0.3 is 28.0 Å². The third kappa shape index (κ3) is 11.3. The molecule has 12 nitrogen and oxygen atoms in total. The molecule has 1 saturated heterocycles. The Balaban J connectivity index is 1.59. The molecule has 1 aliphatic heterocycles. The standard InChI is InChI=1S/C47H55N4O8P/c1-8-9-10-11-12-14-18-36-32-50(46(53)49-45(36)52)44-31-42(59-60(57-30-17-29-48)51(34(2)3)35(4)5)43(58-44)33-56-47(37-19-15-13-16-20-37,38-21-25-40(54-6)26-22-38)39-23-27-41(55-7)28-24-39/h1,13,15-16,19-28,32,34-35,42-44H,9-12,17,30-31,33H2,2-7H3,(H,49,52,53)/t42?,43-,44-,60?/m1/s1. The molecule has 1 aliphatic rings. The minimum absolute atomic E-state index is 0.00126. The summed E-state index contributed by atoms with van der Waals surface area (Å²) in [5.41, 5.74) is 0.279. The lowest BCUT2D eigenvalue weighted by Crippen LogP contribution is -2.39. The van der Waals surface area contributed by atoms with E-state index in [1.54, 1.807) is 14.2 Å². The molecule has 0 spiro atoms. The Labute approximate surface area is 354 Å². The van der Waals surface area contributed by atoms with Crippen LogP contribution in [0.2, 0.25) is 0 Å². The van der Waals surface area contributed by atoms with Gasteiger partial charge in [-0.1, -0.05) is 66.4 Å². The van der Waals surface area contributed by atoms with E-state index in [2.05, 4.69) is 61.2 Å². The van der Waals surface area contributed by atoms with Crippen molar-refractivity contribution in [2.45, 2.75) is 102 Å². The number of aromatic amines is 1. The van der Waals surface area contributed by atoms with Gasteiger partial charge in [0.15, 0.2) is 0 Å². The molecule has 1 N–H and O–H groups in total. The van der Waals surface area contributed by atoms with E-state index in [1.807, 2.05) is 78.9 Å². The van der Waals surface area contributed by atoms with Gasteiger partial charge in [-0.25, -0.2) is 9.46 Å². The van der Waals surface area contributed by atoms with Crippen LogP contribution in [0.15, 0.2) is 94.6 Å². The average Bonchev–Trinajstić information content (AvgIpc) is 3.65. The normalized spacial score (nSPS) is 16.9. The molecule has 0 saturated carbocycles. The second-order valence-corrected chi connectivity index (χ2v) is 16.2. The number of aromatic nitrogens is 2. The fraction of sp³-hybridized carbons (Fsp3) is 0.426. The van der Waals surface area contributed by atoms with Gasteiger partial charge in [0, 0.05) is 37.5 Å². The number of methoxy groups -OCH3 is 2. The molecule has 2 heterocycles. The molecule has 4 atom stereocenters. The van der Waals surface area contributed by atoms with Crippen LogP contribution in [0.25, 0.3) is 0 Å². The van der Waals surface area contributed by atoms with Crippen molar-refractivity contribution in [2.24, 2.45) is 0 Å². The minimum atomic E-state index is -1.72. The number of nitrogens with one attached hydrogen (secondary N) is 1. The molecular weight excluding hydrogens is 780 g/mol. The van der Waals surface area contributed by atoms with Gasteiger partial charge >= 0.3 is 5.69 Å². The summed E-state index contributed by atoms with van der Waals surface area (Å²) in [5, 5.41) is 9.38. The summed E-state index contributed by atoms with van der Waals surface area (Å²) in [5.74, 6) is 9.98. The van der Waals surface area contributed by atoms with Gasteiger partial charge in [-0.3, -0.25) is 14.3 Å². The maximum Gasteiger partial charge on any atom is 0.330 e. The summed E-state index contributed by atoms with van der Waals surface area (Å²) in [7, 11) is 1.53. The van der Waals surface area contributed by atoms with E-state index in [1.165, 1.54) is 10.8 Å². The predicted molar refractivity (Wildman–Crippen MR) is 232 cm³/mol. The van der Waals surface area contributed by atoms with Crippen LogP contribution in [0, 0.1) is 35.5 Å². The largest absolute Gasteiger partial charge is 0.497 e. The summed E-state index contributed by atoms with van der Waals surface area (Å²) < 4.78 is 41.9. The highest BCUT2D eigenvalue weighted by molar-refractivity contribution is 7.44. The van der Waals surface area contributed by atoms with E-state index < -0.39 is 43.8 Å². The Hall–Kier alpha value is -5.22. The van der Waals surface area contributed by atoms with Crippen LogP contribution in [0.5, 0.6) is 11.5 Å². The molecule has 1 fully saturated rings. The molecule has 0 amide bonds. The maximum atomic E-state index is 13.5. The molecule has 1 aromatic heterocycles. The first-order valence-electron chi connectivity index (χ1n) is 20.2. The van der Waals surface area contributed by atoms with Crippen LogP contribution in [0.4, 0.5) is 0 Å². The number of unbranched alkanes of at least 4 members (excludes halogenated alkanes) is 3. The Morgan fingerprint density at radius 3 is 2.07 bits per heavy atom. The number of hydrogen-bond donors (Lipinski definition) is 1. The smallest absolute Gasteiger partial charge is 0.330 e. The van der Waals surface area contributed by atoms with Crippen molar-refractivity contribution in [2.75, 3.05) is 27.4 Å². The number of benzene rings is 3. The van der Waals surface area contributed by atoms with Crippen LogP contribution in [-0.2, 0) is 24.1 Å². The van der Waals surface area contributed by atoms with Crippen molar-refractivity contribution in [3.8, 4) is 41.8 Å². The zero-order valence-corrected chi connectivity index (χ0v) is 36.2. The number of rotatable bonds is 20. The van der Waals surface area contributed by atoms with Gasteiger partial charge in [-0.2, -0.15) is 5.26 Å². The lowest BCUT2D eigenvalue weighted by Gasteiger charge is -2.39. The maximum absolute atomic E-state index is 13.5. The van der Waals surface area contributed by atoms with Crippen molar-refractivity contribution in [1.82, 2.24) is 14.2 Å². The van der Waals surface area contributed by atoms with Crippen LogP contribution in [-0.4, -0.2) is 65.9 Å². The van der Waals surface area contributed by atoms with Gasteiger partial charge in [-0.15, -0.1) is 12.3 Å². The molecule has 3 aromatic carbocycles. The first kappa shape index (κ1) is 45.9. The van der Waals surface area contributed by atoms with Gasteiger partial charge in [0.05, 0.1) is 46.0 Å². The second kappa shape index (κ2) is 22.4. The third-order valence-corrected chi connectivity index (χ3v) is 12.2. The van der Waals surface area contributed by atoms with Crippen LogP contribution < -0.4 is 20.7 Å². The number of nitriles is 1. The highest BCUT2D eigenvalue weighted by atomic mass is 31.2. The van der Waals surface area contributed by atoms with Crippen molar-refractivity contribution in [3.05, 3.63) is 128 Å². The Morgan fingerprint density at radius 1 is 0.900 bits per heavy atom.